The lowest BCUT2D eigenvalue weighted by Gasteiger charge is -2.34. The lowest BCUT2D eigenvalue weighted by atomic mass is 9.94. The Morgan fingerprint density at radius 3 is 2.29 bits per heavy atom. The number of hydrogen-bond donors (Lipinski definition) is 1. The quantitative estimate of drug-likeness (QED) is 0.207. The largest absolute Gasteiger partial charge is 0.497 e. The van der Waals surface area contributed by atoms with Gasteiger partial charge in [0.1, 0.15) is 11.8 Å². The standard InChI is InChI=1S/C34H41Cl2N3O5S/c1-44-30-19-17-29(18-20-30)39(45(2,42)43)21-9-14-33(40)38(24-26-15-16-27(35)23-31(26)36)32(22-25-10-5-3-6-11-25)34(41)37-28-12-7-4-8-13-28/h3,5-6,10-11,15-20,23,28,32H,4,7-9,12-14,21-22,24H2,1-2H3,(H,37,41)/t32-/m0/s1. The second-order valence-corrected chi connectivity index (χ2v) is 14.2. The molecule has 45 heavy (non-hydrogen) atoms. The highest BCUT2D eigenvalue weighted by Gasteiger charge is 2.32. The van der Waals surface area contributed by atoms with Crippen LogP contribution in [0, 0.1) is 0 Å². The summed E-state index contributed by atoms with van der Waals surface area (Å²) < 4.78 is 31.9. The van der Waals surface area contributed by atoms with Crippen LogP contribution in [0.2, 0.25) is 10.0 Å². The van der Waals surface area contributed by atoms with Crippen molar-refractivity contribution in [3.8, 4) is 5.75 Å². The Morgan fingerprint density at radius 1 is 0.978 bits per heavy atom. The lowest BCUT2D eigenvalue weighted by Crippen LogP contribution is -2.53. The van der Waals surface area contributed by atoms with Gasteiger partial charge in [0, 0.05) is 42.0 Å². The number of ether oxygens (including phenoxy) is 1. The van der Waals surface area contributed by atoms with E-state index in [1.54, 1.807) is 54.5 Å². The number of amides is 2. The van der Waals surface area contributed by atoms with Crippen LogP contribution in [0.15, 0.2) is 72.8 Å². The van der Waals surface area contributed by atoms with Gasteiger partial charge in [0.05, 0.1) is 19.1 Å². The predicted molar refractivity (Wildman–Crippen MR) is 180 cm³/mol. The highest BCUT2D eigenvalue weighted by Crippen LogP contribution is 2.26. The van der Waals surface area contributed by atoms with Crippen LogP contribution >= 0.6 is 23.2 Å². The monoisotopic (exact) mass is 673 g/mol. The molecule has 11 heteroatoms. The number of rotatable bonds is 14. The molecule has 1 atom stereocenters. The molecule has 1 aliphatic rings. The minimum Gasteiger partial charge on any atom is -0.497 e. The zero-order chi connectivity index (χ0) is 32.4. The van der Waals surface area contributed by atoms with E-state index in [9.17, 15) is 18.0 Å². The van der Waals surface area contributed by atoms with E-state index in [0.717, 1.165) is 43.9 Å². The van der Waals surface area contributed by atoms with E-state index in [-0.39, 0.29) is 43.8 Å². The minimum absolute atomic E-state index is 0.0232. The molecule has 8 nitrogen and oxygen atoms in total. The van der Waals surface area contributed by atoms with Crippen molar-refractivity contribution in [1.29, 1.82) is 0 Å². The summed E-state index contributed by atoms with van der Waals surface area (Å²) in [6, 6.07) is 20.7. The first-order chi connectivity index (χ1) is 21.5. The number of carbonyl (C=O) groups excluding carboxylic acids is 2. The molecule has 3 aromatic carbocycles. The second-order valence-electron chi connectivity index (χ2n) is 11.4. The fourth-order valence-electron chi connectivity index (χ4n) is 5.68. The summed E-state index contributed by atoms with van der Waals surface area (Å²) in [5.41, 5.74) is 2.06. The van der Waals surface area contributed by atoms with Crippen LogP contribution in [0.3, 0.4) is 0 Å². The van der Waals surface area contributed by atoms with Gasteiger partial charge in [0.15, 0.2) is 0 Å². The van der Waals surface area contributed by atoms with Gasteiger partial charge in [-0.15, -0.1) is 0 Å². The molecule has 0 spiro atoms. The molecule has 0 saturated heterocycles. The normalized spacial score (nSPS) is 14.4. The van der Waals surface area contributed by atoms with Crippen molar-refractivity contribution in [2.45, 2.75) is 70.0 Å². The third kappa shape index (κ3) is 10.1. The maximum absolute atomic E-state index is 14.1. The smallest absolute Gasteiger partial charge is 0.243 e. The molecule has 1 fully saturated rings. The van der Waals surface area contributed by atoms with E-state index in [2.05, 4.69) is 5.32 Å². The summed E-state index contributed by atoms with van der Waals surface area (Å²) in [6.45, 7) is 0.183. The summed E-state index contributed by atoms with van der Waals surface area (Å²) in [5, 5.41) is 4.09. The van der Waals surface area contributed by atoms with Gasteiger partial charge in [-0.25, -0.2) is 8.42 Å². The number of nitrogens with one attached hydrogen (secondary N) is 1. The Labute approximate surface area is 276 Å². The van der Waals surface area contributed by atoms with Gasteiger partial charge in [-0.3, -0.25) is 13.9 Å². The number of hydrogen-bond acceptors (Lipinski definition) is 5. The van der Waals surface area contributed by atoms with Gasteiger partial charge in [0.2, 0.25) is 21.8 Å². The molecule has 1 saturated carbocycles. The molecule has 0 radical (unpaired) electrons. The maximum atomic E-state index is 14.1. The van der Waals surface area contributed by atoms with Crippen molar-refractivity contribution in [3.05, 3.63) is 94.0 Å². The van der Waals surface area contributed by atoms with Crippen molar-refractivity contribution < 1.29 is 22.7 Å². The molecule has 1 N–H and O–H groups in total. The summed E-state index contributed by atoms with van der Waals surface area (Å²) in [5.74, 6) is 0.124. The SMILES string of the molecule is COc1ccc(N(CCCC(=O)N(Cc2ccc(Cl)cc2Cl)[C@@H](Cc2ccccc2)C(=O)NC2CCCCC2)S(C)(=O)=O)cc1. The zero-order valence-corrected chi connectivity index (χ0v) is 28.1. The number of carbonyl (C=O) groups is 2. The lowest BCUT2D eigenvalue weighted by molar-refractivity contribution is -0.141. The Balaban J connectivity index is 1.60. The molecule has 0 aromatic heterocycles. The zero-order valence-electron chi connectivity index (χ0n) is 25.8. The van der Waals surface area contributed by atoms with Crippen LogP contribution in [0.5, 0.6) is 5.75 Å². The van der Waals surface area contributed by atoms with Crippen LogP contribution in [0.4, 0.5) is 5.69 Å². The van der Waals surface area contributed by atoms with Gasteiger partial charge < -0.3 is 15.0 Å². The van der Waals surface area contributed by atoms with Crippen molar-refractivity contribution in [3.63, 3.8) is 0 Å². The number of benzene rings is 3. The first-order valence-electron chi connectivity index (χ1n) is 15.2. The average Bonchev–Trinajstić information content (AvgIpc) is 3.02. The third-order valence-corrected chi connectivity index (χ3v) is 9.87. The molecule has 0 unspecified atom stereocenters. The van der Waals surface area contributed by atoms with E-state index in [4.69, 9.17) is 27.9 Å². The fraction of sp³-hybridized carbons (Fsp3) is 0.412. The number of nitrogens with zero attached hydrogens (tertiary/aromatic N) is 2. The van der Waals surface area contributed by atoms with Gasteiger partial charge in [0.25, 0.3) is 0 Å². The fourth-order valence-corrected chi connectivity index (χ4v) is 7.12. The van der Waals surface area contributed by atoms with Crippen molar-refractivity contribution >= 4 is 50.7 Å². The molecule has 0 heterocycles. The van der Waals surface area contributed by atoms with Crippen molar-refractivity contribution in [2.24, 2.45) is 0 Å². The van der Waals surface area contributed by atoms with Crippen LogP contribution in [-0.2, 0) is 32.6 Å². The molecule has 242 valence electrons. The second kappa shape index (κ2) is 16.3. The molecular weight excluding hydrogens is 633 g/mol. The highest BCUT2D eigenvalue weighted by molar-refractivity contribution is 7.92. The van der Waals surface area contributed by atoms with Gasteiger partial charge in [-0.2, -0.15) is 0 Å². The summed E-state index contributed by atoms with van der Waals surface area (Å²) in [7, 11) is -2.09. The van der Waals surface area contributed by atoms with Crippen LogP contribution in [-0.4, -0.2) is 57.1 Å². The molecule has 3 aromatic rings. The Bertz CT molecular complexity index is 1530. The Hall–Kier alpha value is -3.27. The number of anilines is 1. The third-order valence-electron chi connectivity index (χ3n) is 8.09. The van der Waals surface area contributed by atoms with Crippen molar-refractivity contribution in [2.75, 3.05) is 24.2 Å². The van der Waals surface area contributed by atoms with Gasteiger partial charge >= 0.3 is 0 Å². The maximum Gasteiger partial charge on any atom is 0.243 e. The van der Waals surface area contributed by atoms with E-state index >= 15 is 0 Å². The molecule has 0 bridgehead atoms. The molecule has 4 rings (SSSR count). The van der Waals surface area contributed by atoms with E-state index < -0.39 is 16.1 Å². The topological polar surface area (TPSA) is 96.0 Å². The first-order valence-corrected chi connectivity index (χ1v) is 17.8. The minimum atomic E-state index is -3.63. The molecule has 0 aliphatic heterocycles. The number of sulfonamides is 1. The van der Waals surface area contributed by atoms with Gasteiger partial charge in [-0.05, 0) is 66.8 Å². The number of methoxy groups -OCH3 is 1. The van der Waals surface area contributed by atoms with E-state index in [1.807, 2.05) is 30.3 Å². The van der Waals surface area contributed by atoms with Crippen molar-refractivity contribution in [1.82, 2.24) is 10.2 Å². The Morgan fingerprint density at radius 2 is 1.67 bits per heavy atom. The Kier molecular flexibility index (Phi) is 12.6. The molecule has 2 amide bonds. The van der Waals surface area contributed by atoms with Crippen LogP contribution in [0.25, 0.3) is 0 Å². The van der Waals surface area contributed by atoms with Crippen LogP contribution < -0.4 is 14.4 Å². The average molecular weight is 675 g/mol. The first kappa shape index (κ1) is 34.6. The highest BCUT2D eigenvalue weighted by atomic mass is 35.5. The summed E-state index contributed by atoms with van der Waals surface area (Å²) in [4.78, 5) is 29.7. The molecule has 1 aliphatic carbocycles. The number of halogens is 2. The summed E-state index contributed by atoms with van der Waals surface area (Å²) >= 11 is 12.7. The summed E-state index contributed by atoms with van der Waals surface area (Å²) in [6.07, 6.45) is 6.81. The van der Waals surface area contributed by atoms with E-state index in [0.29, 0.717) is 33.5 Å². The van der Waals surface area contributed by atoms with E-state index in [1.165, 1.54) is 4.31 Å². The van der Waals surface area contributed by atoms with Gasteiger partial charge in [-0.1, -0.05) is 78.9 Å². The molecular formula is C34H41Cl2N3O5S. The predicted octanol–water partition coefficient (Wildman–Crippen LogP) is 6.64. The van der Waals surface area contributed by atoms with Crippen LogP contribution in [0.1, 0.15) is 56.1 Å².